The molecular weight excluding hydrogens is 329 g/mol. The molecule has 106 valence electrons. The van der Waals surface area contributed by atoms with E-state index >= 15 is 0 Å². The summed E-state index contributed by atoms with van der Waals surface area (Å²) < 4.78 is 26.6. The van der Waals surface area contributed by atoms with Crippen LogP contribution in [0.4, 0.5) is 0 Å². The second-order valence-electron chi connectivity index (χ2n) is 4.50. The normalized spacial score (nSPS) is 21.5. The minimum atomic E-state index is -3.56. The first-order valence-electron chi connectivity index (χ1n) is 5.99. The van der Waals surface area contributed by atoms with E-state index < -0.39 is 10.0 Å². The second kappa shape index (κ2) is 6.19. The van der Waals surface area contributed by atoms with Crippen molar-refractivity contribution in [3.8, 4) is 0 Å². The van der Waals surface area contributed by atoms with Crippen molar-refractivity contribution in [3.05, 3.63) is 28.2 Å². The lowest BCUT2D eigenvalue weighted by Gasteiger charge is -2.33. The van der Waals surface area contributed by atoms with E-state index in [9.17, 15) is 8.42 Å². The summed E-state index contributed by atoms with van der Waals surface area (Å²) in [6.45, 7) is 0.500. The van der Waals surface area contributed by atoms with Gasteiger partial charge in [-0.15, -0.1) is 11.6 Å². The van der Waals surface area contributed by atoms with Gasteiger partial charge in [0.05, 0.1) is 14.9 Å². The zero-order valence-electron chi connectivity index (χ0n) is 10.2. The molecule has 19 heavy (non-hydrogen) atoms. The Hall–Kier alpha value is -0.000000000000000111. The highest BCUT2D eigenvalue weighted by Gasteiger charge is 2.33. The minimum Gasteiger partial charge on any atom is -0.207 e. The van der Waals surface area contributed by atoms with Crippen molar-refractivity contribution in [1.29, 1.82) is 0 Å². The molecule has 1 aliphatic heterocycles. The van der Waals surface area contributed by atoms with Crippen LogP contribution in [0.3, 0.4) is 0 Å². The van der Waals surface area contributed by atoms with Gasteiger partial charge in [0.1, 0.15) is 0 Å². The molecule has 1 saturated heterocycles. The number of alkyl halides is 1. The summed E-state index contributed by atoms with van der Waals surface area (Å²) >= 11 is 17.6. The average Bonchev–Trinajstić information content (AvgIpc) is 2.41. The van der Waals surface area contributed by atoms with Crippen molar-refractivity contribution in [2.45, 2.75) is 30.2 Å². The van der Waals surface area contributed by atoms with Gasteiger partial charge in [-0.3, -0.25) is 0 Å². The molecule has 1 heterocycles. The van der Waals surface area contributed by atoms with Gasteiger partial charge in [0, 0.05) is 18.5 Å². The molecule has 0 saturated carbocycles. The Labute approximate surface area is 128 Å². The predicted molar refractivity (Wildman–Crippen MR) is 78.7 cm³/mol. The van der Waals surface area contributed by atoms with Crippen LogP contribution in [0, 0.1) is 0 Å². The minimum absolute atomic E-state index is 0.144. The lowest BCUT2D eigenvalue weighted by Crippen LogP contribution is -2.44. The van der Waals surface area contributed by atoms with Crippen LogP contribution in [0.25, 0.3) is 0 Å². The Morgan fingerprint density at radius 3 is 2.58 bits per heavy atom. The molecule has 7 heteroatoms. The van der Waals surface area contributed by atoms with Crippen molar-refractivity contribution in [2.75, 3.05) is 12.4 Å². The largest absolute Gasteiger partial charge is 0.243 e. The van der Waals surface area contributed by atoms with E-state index in [1.54, 1.807) is 0 Å². The van der Waals surface area contributed by atoms with Crippen LogP contribution >= 0.6 is 34.8 Å². The van der Waals surface area contributed by atoms with E-state index in [0.29, 0.717) is 17.4 Å². The summed E-state index contributed by atoms with van der Waals surface area (Å²) in [5.74, 6) is 0.306. The van der Waals surface area contributed by atoms with Crippen LogP contribution in [-0.4, -0.2) is 31.2 Å². The number of piperidine rings is 1. The smallest absolute Gasteiger partial charge is 0.207 e. The van der Waals surface area contributed by atoms with Crippen LogP contribution in [-0.2, 0) is 10.0 Å². The van der Waals surface area contributed by atoms with Crippen molar-refractivity contribution in [2.24, 2.45) is 0 Å². The first-order chi connectivity index (χ1) is 8.96. The van der Waals surface area contributed by atoms with E-state index in [-0.39, 0.29) is 16.0 Å². The van der Waals surface area contributed by atoms with Crippen LogP contribution in [0.15, 0.2) is 23.1 Å². The highest BCUT2D eigenvalue weighted by atomic mass is 35.5. The highest BCUT2D eigenvalue weighted by molar-refractivity contribution is 7.89. The van der Waals surface area contributed by atoms with Gasteiger partial charge < -0.3 is 0 Å². The maximum Gasteiger partial charge on any atom is 0.243 e. The molecule has 3 nitrogen and oxygen atoms in total. The zero-order valence-corrected chi connectivity index (χ0v) is 13.2. The third-order valence-electron chi connectivity index (χ3n) is 3.25. The number of sulfonamides is 1. The molecule has 1 aliphatic rings. The van der Waals surface area contributed by atoms with Crippen LogP contribution in [0.2, 0.25) is 10.0 Å². The van der Waals surface area contributed by atoms with Crippen molar-refractivity contribution in [3.63, 3.8) is 0 Å². The fourth-order valence-corrected chi connectivity index (χ4v) is 4.70. The molecule has 2 rings (SSSR count). The molecule has 1 atom stereocenters. The van der Waals surface area contributed by atoms with Gasteiger partial charge >= 0.3 is 0 Å². The molecule has 0 radical (unpaired) electrons. The molecular formula is C12H14Cl3NO2S. The molecule has 0 aromatic heterocycles. The Morgan fingerprint density at radius 1 is 1.21 bits per heavy atom. The molecule has 0 N–H and O–H groups in total. The number of nitrogens with zero attached hydrogens (tertiary/aromatic N) is 1. The first-order valence-corrected chi connectivity index (χ1v) is 8.72. The van der Waals surface area contributed by atoms with Crippen LogP contribution in [0.5, 0.6) is 0 Å². The first kappa shape index (κ1) is 15.4. The highest BCUT2D eigenvalue weighted by Crippen LogP contribution is 2.30. The molecule has 1 aromatic rings. The van der Waals surface area contributed by atoms with Gasteiger partial charge in [-0.25, -0.2) is 8.42 Å². The molecule has 1 unspecified atom stereocenters. The third kappa shape index (κ3) is 3.19. The van der Waals surface area contributed by atoms with Gasteiger partial charge in [-0.1, -0.05) is 29.6 Å². The van der Waals surface area contributed by atoms with Gasteiger partial charge in [0.25, 0.3) is 0 Å². The number of hydrogen-bond acceptors (Lipinski definition) is 2. The number of rotatable bonds is 3. The maximum atomic E-state index is 12.6. The summed E-state index contributed by atoms with van der Waals surface area (Å²) in [5.41, 5.74) is 0. The fraction of sp³-hybridized carbons (Fsp3) is 0.500. The number of halogens is 3. The third-order valence-corrected chi connectivity index (χ3v) is 6.29. The summed E-state index contributed by atoms with van der Waals surface area (Å²) in [7, 11) is -3.56. The van der Waals surface area contributed by atoms with Crippen molar-refractivity contribution < 1.29 is 8.42 Å². The SMILES string of the molecule is O=S(=O)(c1ccc(Cl)c(Cl)c1)N1CCCCC1CCl. The quantitative estimate of drug-likeness (QED) is 0.784. The molecule has 0 spiro atoms. The number of benzene rings is 1. The van der Waals surface area contributed by atoms with Crippen molar-refractivity contribution >= 4 is 44.8 Å². The van der Waals surface area contributed by atoms with E-state index in [1.807, 2.05) is 0 Å². The lowest BCUT2D eigenvalue weighted by atomic mass is 10.1. The van der Waals surface area contributed by atoms with Gasteiger partial charge in [-0.2, -0.15) is 4.31 Å². The summed E-state index contributed by atoms with van der Waals surface area (Å²) in [6, 6.07) is 4.22. The summed E-state index contributed by atoms with van der Waals surface area (Å²) in [5, 5.41) is 0.579. The summed E-state index contributed by atoms with van der Waals surface area (Å²) in [6.07, 6.45) is 2.66. The van der Waals surface area contributed by atoms with Gasteiger partial charge in [0.2, 0.25) is 10.0 Å². The van der Waals surface area contributed by atoms with E-state index in [4.69, 9.17) is 34.8 Å². The van der Waals surface area contributed by atoms with Gasteiger partial charge in [-0.05, 0) is 31.0 Å². The lowest BCUT2D eigenvalue weighted by molar-refractivity contribution is 0.271. The Balaban J connectivity index is 2.37. The van der Waals surface area contributed by atoms with Crippen molar-refractivity contribution in [1.82, 2.24) is 4.31 Å². The maximum absolute atomic E-state index is 12.6. The average molecular weight is 343 g/mol. The van der Waals surface area contributed by atoms with E-state index in [2.05, 4.69) is 0 Å². The molecule has 1 fully saturated rings. The Kier molecular flexibility index (Phi) is 5.01. The summed E-state index contributed by atoms with van der Waals surface area (Å²) in [4.78, 5) is 0.166. The van der Waals surface area contributed by atoms with E-state index in [0.717, 1.165) is 19.3 Å². The standard InChI is InChI=1S/C12H14Cl3NO2S/c13-8-9-3-1-2-6-16(9)19(17,18)10-4-5-11(14)12(15)7-10/h4-5,7,9H,1-3,6,8H2. The molecule has 0 bridgehead atoms. The number of hydrogen-bond donors (Lipinski definition) is 0. The zero-order chi connectivity index (χ0) is 14.0. The monoisotopic (exact) mass is 341 g/mol. The molecule has 1 aromatic carbocycles. The van der Waals surface area contributed by atoms with Gasteiger partial charge in [0.15, 0.2) is 0 Å². The predicted octanol–water partition coefficient (Wildman–Crippen LogP) is 3.78. The van der Waals surface area contributed by atoms with E-state index in [1.165, 1.54) is 22.5 Å². The molecule has 0 amide bonds. The van der Waals surface area contributed by atoms with Crippen LogP contribution in [0.1, 0.15) is 19.3 Å². The Bertz CT molecular complexity index is 562. The molecule has 0 aliphatic carbocycles. The van der Waals surface area contributed by atoms with Crippen LogP contribution < -0.4 is 0 Å². The fourth-order valence-electron chi connectivity index (χ4n) is 2.22. The topological polar surface area (TPSA) is 37.4 Å². The Morgan fingerprint density at radius 2 is 1.95 bits per heavy atom. The second-order valence-corrected chi connectivity index (χ2v) is 7.51.